The second-order valence-electron chi connectivity index (χ2n) is 13.5. The van der Waals surface area contributed by atoms with Crippen LogP contribution < -0.4 is 16.4 Å². The van der Waals surface area contributed by atoms with Crippen molar-refractivity contribution in [3.8, 4) is 0 Å². The molecule has 0 aromatic carbocycles. The van der Waals surface area contributed by atoms with Crippen molar-refractivity contribution in [2.45, 2.75) is 137 Å². The molecule has 57 heavy (non-hydrogen) atoms. The number of amides is 2. The number of hydrogen-bond acceptors (Lipinski definition) is 22. The predicted molar refractivity (Wildman–Crippen MR) is 176 cm³/mol. The van der Waals surface area contributed by atoms with Gasteiger partial charge >= 0.3 is 11.9 Å². The third-order valence-electron chi connectivity index (χ3n) is 9.57. The van der Waals surface area contributed by atoms with E-state index in [1.807, 2.05) is 0 Å². The van der Waals surface area contributed by atoms with Crippen LogP contribution in [-0.4, -0.2) is 231 Å². The van der Waals surface area contributed by atoms with Gasteiger partial charge in [0.2, 0.25) is 11.8 Å². The lowest BCUT2D eigenvalue weighted by Crippen LogP contribution is -2.70. The van der Waals surface area contributed by atoms with Crippen LogP contribution in [0.3, 0.4) is 0 Å². The Labute approximate surface area is 323 Å². The lowest BCUT2D eigenvalue weighted by Gasteiger charge is -2.49. The molecule has 0 saturated carbocycles. The average molecular weight is 834 g/mol. The summed E-state index contributed by atoms with van der Waals surface area (Å²) < 4.78 is 49.5. The van der Waals surface area contributed by atoms with Gasteiger partial charge in [0.15, 0.2) is 37.4 Å². The number of aliphatic hydroxyl groups excluding tert-OH is 8. The molecule has 0 spiro atoms. The monoisotopic (exact) mass is 833 g/mol. The highest BCUT2D eigenvalue weighted by atomic mass is 16.8. The van der Waals surface area contributed by atoms with Gasteiger partial charge in [0.1, 0.15) is 85.3 Å². The van der Waals surface area contributed by atoms with Crippen LogP contribution in [0.25, 0.3) is 0 Å². The van der Waals surface area contributed by atoms with Gasteiger partial charge in [0.05, 0.1) is 19.8 Å². The number of methoxy groups -OCH3 is 1. The zero-order valence-electron chi connectivity index (χ0n) is 30.7. The zero-order chi connectivity index (χ0) is 42.5. The molecule has 4 rings (SSSR count). The first-order chi connectivity index (χ1) is 26.9. The number of carboxylic acids is 2. The van der Waals surface area contributed by atoms with Gasteiger partial charge in [0.25, 0.3) is 0 Å². The second kappa shape index (κ2) is 20.4. The molecule has 328 valence electrons. The number of hydrogen-bond donors (Lipinski definition) is 13. The van der Waals surface area contributed by atoms with Crippen molar-refractivity contribution in [3.05, 3.63) is 0 Å². The normalized spacial score (nSPS) is 43.9. The number of carboxylic acid groups (broad SMARTS) is 2. The van der Waals surface area contributed by atoms with Crippen molar-refractivity contribution in [1.29, 1.82) is 0 Å². The Bertz CT molecular complexity index is 1370. The van der Waals surface area contributed by atoms with Crippen LogP contribution in [0.15, 0.2) is 0 Å². The third-order valence-corrected chi connectivity index (χ3v) is 9.57. The zero-order valence-corrected chi connectivity index (χ0v) is 30.7. The van der Waals surface area contributed by atoms with Crippen molar-refractivity contribution >= 4 is 23.8 Å². The quantitative estimate of drug-likeness (QED) is 0.0686. The first-order valence-corrected chi connectivity index (χ1v) is 17.6. The first-order valence-electron chi connectivity index (χ1n) is 17.6. The fourth-order valence-corrected chi connectivity index (χ4v) is 6.88. The topological polar surface area (TPSA) is 404 Å². The van der Waals surface area contributed by atoms with E-state index in [2.05, 4.69) is 10.6 Å². The maximum absolute atomic E-state index is 12.5. The molecule has 0 bridgehead atoms. The fourth-order valence-electron chi connectivity index (χ4n) is 6.88. The molecular formula is C31H51N3O23. The summed E-state index contributed by atoms with van der Waals surface area (Å²) in [6, 6.07) is -3.21. The minimum Gasteiger partial charge on any atom is -0.479 e. The first kappa shape index (κ1) is 46.8. The Morgan fingerprint density at radius 2 is 0.982 bits per heavy atom. The smallest absolute Gasteiger partial charge is 0.335 e. The summed E-state index contributed by atoms with van der Waals surface area (Å²) in [4.78, 5) is 48.8. The standard InChI is InChI=1S/C31H51N3O23/c1-8(37)33-12-14(39)20(49-3)10(6-35)51-28(12)55-23-17(42)19(44)31(57-25(23)27(47)48)53-21-11(7-36)52-29(13(15(21)40)34-9(2)38)54-22-16(41)18(43)30(50-5-4-32)56-24(22)26(45)46/h10-25,28-31,35-36,39-44H,4-7,32H2,1-3H3,(H,33,37)(H,34,38)(H,45,46)(H,47,48)/t10?,11?,12?,13?,14-,15-,16?,17?,18+,19+,20-,21-,22+,23+,24?,25?,28-,29-,30-,31-/m1/s1. The summed E-state index contributed by atoms with van der Waals surface area (Å²) in [7, 11) is 1.19. The van der Waals surface area contributed by atoms with Crippen LogP contribution in [0, 0.1) is 0 Å². The van der Waals surface area contributed by atoms with Crippen LogP contribution in [0.5, 0.6) is 0 Å². The minimum atomic E-state index is -2.22. The maximum Gasteiger partial charge on any atom is 0.335 e. The largest absolute Gasteiger partial charge is 0.479 e. The molecule has 26 nitrogen and oxygen atoms in total. The van der Waals surface area contributed by atoms with Gasteiger partial charge in [-0.25, -0.2) is 9.59 Å². The molecule has 4 heterocycles. The van der Waals surface area contributed by atoms with Crippen molar-refractivity contribution in [1.82, 2.24) is 10.6 Å². The Morgan fingerprint density at radius 3 is 1.39 bits per heavy atom. The van der Waals surface area contributed by atoms with E-state index in [0.717, 1.165) is 13.8 Å². The summed E-state index contributed by atoms with van der Waals surface area (Å²) >= 11 is 0. The summed E-state index contributed by atoms with van der Waals surface area (Å²) in [6.07, 6.45) is -33.8. The molecule has 4 aliphatic rings. The van der Waals surface area contributed by atoms with Crippen LogP contribution >= 0.6 is 0 Å². The van der Waals surface area contributed by atoms with Crippen LogP contribution in [0.2, 0.25) is 0 Å². The highest BCUT2D eigenvalue weighted by Gasteiger charge is 2.57. The highest BCUT2D eigenvalue weighted by molar-refractivity contribution is 5.74. The molecule has 8 unspecified atom stereocenters. The predicted octanol–water partition coefficient (Wildman–Crippen LogP) is -8.64. The molecule has 0 aromatic heterocycles. The fraction of sp³-hybridized carbons (Fsp3) is 0.871. The number of carbonyl (C=O) groups is 4. The van der Waals surface area contributed by atoms with Gasteiger partial charge in [0, 0.05) is 27.5 Å². The summed E-state index contributed by atoms with van der Waals surface area (Å²) in [5, 5.41) is 111. The number of nitrogens with two attached hydrogens (primary N) is 1. The van der Waals surface area contributed by atoms with Crippen molar-refractivity contribution in [2.75, 3.05) is 33.5 Å². The molecule has 0 radical (unpaired) electrons. The molecular weight excluding hydrogens is 782 g/mol. The lowest BCUT2D eigenvalue weighted by atomic mass is 9.94. The number of aliphatic hydroxyl groups is 8. The van der Waals surface area contributed by atoms with E-state index in [9.17, 15) is 70.2 Å². The molecule has 2 amide bonds. The summed E-state index contributed by atoms with van der Waals surface area (Å²) in [6.45, 7) is 0.0845. The second-order valence-corrected chi connectivity index (χ2v) is 13.5. The Hall–Kier alpha value is -2.84. The van der Waals surface area contributed by atoms with E-state index in [0.29, 0.717) is 0 Å². The SMILES string of the molecule is CO[C@@H]1C(CO)O[C@H](O[C@@H]2C(C(=O)O)O[C@@H](O[C@@H]3C(CO)O[C@H](O[C@@H]4C(C(=O)O)O[C@@H](OCCN)[C@@H](O)C4O)C(NC(C)=O)[C@H]3O)[C@@H](O)C2O)C(NC(C)=O)[C@H]1O. The Kier molecular flexibility index (Phi) is 16.8. The maximum atomic E-state index is 12.5. The van der Waals surface area contributed by atoms with Gasteiger partial charge in [-0.1, -0.05) is 0 Å². The summed E-state index contributed by atoms with van der Waals surface area (Å²) in [5.74, 6) is -5.02. The van der Waals surface area contributed by atoms with Crippen molar-refractivity contribution < 1.29 is 113 Å². The van der Waals surface area contributed by atoms with E-state index >= 15 is 0 Å². The average Bonchev–Trinajstić information content (AvgIpc) is 3.15. The Morgan fingerprint density at radius 1 is 0.579 bits per heavy atom. The van der Waals surface area contributed by atoms with Gasteiger partial charge in [-0.2, -0.15) is 0 Å². The molecule has 14 N–H and O–H groups in total. The van der Waals surface area contributed by atoms with E-state index < -0.39 is 160 Å². The molecule has 4 fully saturated rings. The van der Waals surface area contributed by atoms with E-state index in [1.54, 1.807) is 0 Å². The third kappa shape index (κ3) is 10.5. The Balaban J connectivity index is 1.56. The number of nitrogens with one attached hydrogen (secondary N) is 2. The van der Waals surface area contributed by atoms with Gasteiger partial charge in [-0.05, 0) is 0 Å². The molecule has 0 aliphatic carbocycles. The lowest BCUT2D eigenvalue weighted by molar-refractivity contribution is -0.371. The number of ether oxygens (including phenoxy) is 9. The van der Waals surface area contributed by atoms with Crippen molar-refractivity contribution in [2.24, 2.45) is 5.73 Å². The molecule has 4 aliphatic heterocycles. The van der Waals surface area contributed by atoms with E-state index in [1.165, 1.54) is 7.11 Å². The highest BCUT2D eigenvalue weighted by Crippen LogP contribution is 2.35. The van der Waals surface area contributed by atoms with Crippen LogP contribution in [0.1, 0.15) is 13.8 Å². The van der Waals surface area contributed by atoms with Gasteiger partial charge in [-0.3, -0.25) is 9.59 Å². The van der Waals surface area contributed by atoms with Crippen LogP contribution in [0.4, 0.5) is 0 Å². The molecule has 20 atom stereocenters. The van der Waals surface area contributed by atoms with Gasteiger partial charge < -0.3 is 110 Å². The number of aliphatic carboxylic acids is 2. The summed E-state index contributed by atoms with van der Waals surface area (Å²) in [5.41, 5.74) is 5.38. The van der Waals surface area contributed by atoms with Crippen molar-refractivity contribution in [3.63, 3.8) is 0 Å². The van der Waals surface area contributed by atoms with E-state index in [4.69, 9.17) is 48.4 Å². The molecule has 26 heteroatoms. The number of rotatable bonds is 16. The van der Waals surface area contributed by atoms with E-state index in [-0.39, 0.29) is 13.2 Å². The minimum absolute atomic E-state index is 0.0478. The molecule has 4 saturated heterocycles. The van der Waals surface area contributed by atoms with Crippen LogP contribution in [-0.2, 0) is 61.8 Å². The molecule has 0 aromatic rings. The van der Waals surface area contributed by atoms with Gasteiger partial charge in [-0.15, -0.1) is 0 Å². The number of carbonyl (C=O) groups excluding carboxylic acids is 2.